The Kier molecular flexibility index (Phi) is 3.22. The van der Waals surface area contributed by atoms with Crippen molar-refractivity contribution in [3.63, 3.8) is 0 Å². The molecule has 1 amide bonds. The second-order valence-corrected chi connectivity index (χ2v) is 5.25. The molecule has 1 heterocycles. The van der Waals surface area contributed by atoms with Crippen molar-refractivity contribution in [3.8, 4) is 0 Å². The summed E-state index contributed by atoms with van der Waals surface area (Å²) in [5, 5.41) is 3.29. The number of rotatable bonds is 3. The first kappa shape index (κ1) is 12.5. The van der Waals surface area contributed by atoms with Crippen LogP contribution in [-0.4, -0.2) is 24.5 Å². The smallest absolute Gasteiger partial charge is 0.244 e. The summed E-state index contributed by atoms with van der Waals surface area (Å²) in [6, 6.07) is 3.46. The normalized spacial score (nSPS) is 23.8. The first-order chi connectivity index (χ1) is 9.13. The van der Waals surface area contributed by atoms with Gasteiger partial charge in [0.05, 0.1) is 6.04 Å². The third-order valence-electron chi connectivity index (χ3n) is 3.61. The third-order valence-corrected chi connectivity index (χ3v) is 3.61. The summed E-state index contributed by atoms with van der Waals surface area (Å²) in [6.45, 7) is 0.518. The highest BCUT2D eigenvalue weighted by molar-refractivity contribution is 5.98. The summed E-state index contributed by atoms with van der Waals surface area (Å²) in [4.78, 5) is 13.8. The van der Waals surface area contributed by atoms with Gasteiger partial charge < -0.3 is 10.2 Å². The first-order valence-electron chi connectivity index (χ1n) is 6.67. The largest absolute Gasteiger partial charge is 0.311 e. The SMILES string of the molecule is O=C1C(NC2CC2)CCCN1c1cc(F)cc(F)c1. The molecule has 19 heavy (non-hydrogen) atoms. The zero-order valence-electron chi connectivity index (χ0n) is 10.5. The van der Waals surface area contributed by atoms with Gasteiger partial charge in [0.1, 0.15) is 11.6 Å². The van der Waals surface area contributed by atoms with Crippen LogP contribution in [0.1, 0.15) is 25.7 Å². The molecule has 3 rings (SSSR count). The molecule has 0 radical (unpaired) electrons. The Morgan fingerprint density at radius 2 is 1.79 bits per heavy atom. The van der Waals surface area contributed by atoms with Crippen molar-refractivity contribution in [2.24, 2.45) is 0 Å². The number of piperidine rings is 1. The highest BCUT2D eigenvalue weighted by Crippen LogP contribution is 2.26. The van der Waals surface area contributed by atoms with E-state index in [9.17, 15) is 13.6 Å². The molecule has 1 N–H and O–H groups in total. The molecule has 0 bridgehead atoms. The van der Waals surface area contributed by atoms with Crippen LogP contribution in [0.3, 0.4) is 0 Å². The maximum Gasteiger partial charge on any atom is 0.244 e. The number of nitrogens with one attached hydrogen (secondary N) is 1. The van der Waals surface area contributed by atoms with Crippen molar-refractivity contribution in [1.29, 1.82) is 0 Å². The average Bonchev–Trinajstić information content (AvgIpc) is 3.14. The van der Waals surface area contributed by atoms with E-state index in [0.717, 1.165) is 31.7 Å². The Bertz CT molecular complexity index is 482. The van der Waals surface area contributed by atoms with Gasteiger partial charge in [0, 0.05) is 24.3 Å². The van der Waals surface area contributed by atoms with E-state index in [4.69, 9.17) is 0 Å². The van der Waals surface area contributed by atoms with Crippen LogP contribution in [0.25, 0.3) is 0 Å². The second-order valence-electron chi connectivity index (χ2n) is 5.25. The molecule has 1 aromatic carbocycles. The molecule has 2 fully saturated rings. The molecular formula is C14H16F2N2O. The van der Waals surface area contributed by atoms with Crippen LogP contribution in [-0.2, 0) is 4.79 Å². The number of carbonyl (C=O) groups excluding carboxylic acids is 1. The average molecular weight is 266 g/mol. The number of amides is 1. The van der Waals surface area contributed by atoms with Gasteiger partial charge in [0.2, 0.25) is 5.91 Å². The number of hydrogen-bond acceptors (Lipinski definition) is 2. The summed E-state index contributed by atoms with van der Waals surface area (Å²) in [7, 11) is 0. The van der Waals surface area contributed by atoms with Gasteiger partial charge in [0.25, 0.3) is 0 Å². The Morgan fingerprint density at radius 1 is 1.11 bits per heavy atom. The van der Waals surface area contributed by atoms with Gasteiger partial charge in [-0.1, -0.05) is 0 Å². The number of carbonyl (C=O) groups is 1. The molecule has 1 aliphatic carbocycles. The van der Waals surface area contributed by atoms with Gasteiger partial charge in [-0.3, -0.25) is 4.79 Å². The van der Waals surface area contributed by atoms with Gasteiger partial charge in [-0.15, -0.1) is 0 Å². The van der Waals surface area contributed by atoms with Gasteiger partial charge in [-0.25, -0.2) is 8.78 Å². The Hall–Kier alpha value is -1.49. The second kappa shape index (κ2) is 4.89. The number of hydrogen-bond donors (Lipinski definition) is 1. The monoisotopic (exact) mass is 266 g/mol. The van der Waals surface area contributed by atoms with E-state index >= 15 is 0 Å². The van der Waals surface area contributed by atoms with Crippen LogP contribution in [0.15, 0.2) is 18.2 Å². The maximum absolute atomic E-state index is 13.2. The fourth-order valence-electron chi connectivity index (χ4n) is 2.52. The minimum atomic E-state index is -0.653. The van der Waals surface area contributed by atoms with Crippen LogP contribution in [0.4, 0.5) is 14.5 Å². The van der Waals surface area contributed by atoms with E-state index in [-0.39, 0.29) is 11.9 Å². The van der Waals surface area contributed by atoms with Crippen molar-refractivity contribution < 1.29 is 13.6 Å². The van der Waals surface area contributed by atoms with Gasteiger partial charge in [0.15, 0.2) is 0 Å². The zero-order valence-corrected chi connectivity index (χ0v) is 10.5. The van der Waals surface area contributed by atoms with Crippen LogP contribution in [0.2, 0.25) is 0 Å². The number of nitrogens with zero attached hydrogens (tertiary/aromatic N) is 1. The molecule has 1 aromatic rings. The predicted octanol–water partition coefficient (Wildman–Crippen LogP) is 2.21. The Balaban J connectivity index is 1.80. The van der Waals surface area contributed by atoms with E-state index in [0.29, 0.717) is 18.3 Å². The number of halogens is 2. The molecule has 1 unspecified atom stereocenters. The summed E-state index contributed by atoms with van der Waals surface area (Å²) in [5.74, 6) is -1.39. The van der Waals surface area contributed by atoms with Gasteiger partial charge in [-0.2, -0.15) is 0 Å². The summed E-state index contributed by atoms with van der Waals surface area (Å²) in [6.07, 6.45) is 3.86. The van der Waals surface area contributed by atoms with Crippen LogP contribution >= 0.6 is 0 Å². The highest BCUT2D eigenvalue weighted by Gasteiger charge is 2.34. The summed E-state index contributed by atoms with van der Waals surface area (Å²) < 4.78 is 26.5. The van der Waals surface area contributed by atoms with E-state index in [1.54, 1.807) is 0 Å². The Labute approximate surface area is 110 Å². The van der Waals surface area contributed by atoms with E-state index in [1.165, 1.54) is 17.0 Å². The van der Waals surface area contributed by atoms with Crippen LogP contribution in [0.5, 0.6) is 0 Å². The third kappa shape index (κ3) is 2.76. The lowest BCUT2D eigenvalue weighted by atomic mass is 10.0. The summed E-state index contributed by atoms with van der Waals surface area (Å²) in [5.41, 5.74) is 0.310. The minimum absolute atomic E-state index is 0.0804. The molecule has 1 atom stereocenters. The van der Waals surface area contributed by atoms with E-state index in [1.807, 2.05) is 0 Å². The Morgan fingerprint density at radius 3 is 2.42 bits per heavy atom. The van der Waals surface area contributed by atoms with Crippen molar-refractivity contribution in [3.05, 3.63) is 29.8 Å². The van der Waals surface area contributed by atoms with Crippen LogP contribution in [0, 0.1) is 11.6 Å². The number of benzene rings is 1. The molecule has 0 aromatic heterocycles. The molecule has 5 heteroatoms. The predicted molar refractivity (Wildman–Crippen MR) is 67.9 cm³/mol. The van der Waals surface area contributed by atoms with Crippen molar-refractivity contribution in [1.82, 2.24) is 5.32 Å². The first-order valence-corrected chi connectivity index (χ1v) is 6.67. The standard InChI is InChI=1S/C14H16F2N2O/c15-9-6-10(16)8-12(7-9)18-5-1-2-13(14(18)19)17-11-3-4-11/h6-8,11,13,17H,1-5H2. The lowest BCUT2D eigenvalue weighted by Crippen LogP contribution is -2.51. The highest BCUT2D eigenvalue weighted by atomic mass is 19.1. The molecule has 1 saturated carbocycles. The fourth-order valence-corrected chi connectivity index (χ4v) is 2.52. The maximum atomic E-state index is 13.2. The topological polar surface area (TPSA) is 32.3 Å². The van der Waals surface area contributed by atoms with Crippen molar-refractivity contribution in [2.75, 3.05) is 11.4 Å². The van der Waals surface area contributed by atoms with E-state index in [2.05, 4.69) is 5.32 Å². The molecule has 2 aliphatic rings. The van der Waals surface area contributed by atoms with Crippen molar-refractivity contribution >= 4 is 11.6 Å². The lowest BCUT2D eigenvalue weighted by molar-refractivity contribution is -0.121. The number of anilines is 1. The lowest BCUT2D eigenvalue weighted by Gasteiger charge is -2.33. The molecule has 3 nitrogen and oxygen atoms in total. The molecular weight excluding hydrogens is 250 g/mol. The molecule has 1 saturated heterocycles. The quantitative estimate of drug-likeness (QED) is 0.909. The minimum Gasteiger partial charge on any atom is -0.311 e. The molecule has 102 valence electrons. The van der Waals surface area contributed by atoms with Crippen molar-refractivity contribution in [2.45, 2.75) is 37.8 Å². The van der Waals surface area contributed by atoms with E-state index < -0.39 is 11.6 Å². The molecule has 1 aliphatic heterocycles. The zero-order chi connectivity index (χ0) is 13.4. The van der Waals surface area contributed by atoms with Gasteiger partial charge in [-0.05, 0) is 37.8 Å². The van der Waals surface area contributed by atoms with Gasteiger partial charge >= 0.3 is 0 Å². The van der Waals surface area contributed by atoms with Crippen LogP contribution < -0.4 is 10.2 Å². The molecule has 0 spiro atoms. The summed E-state index contributed by atoms with van der Waals surface area (Å²) >= 11 is 0. The fraction of sp³-hybridized carbons (Fsp3) is 0.500.